The summed E-state index contributed by atoms with van der Waals surface area (Å²) < 4.78 is 56.8. The van der Waals surface area contributed by atoms with E-state index in [1.807, 2.05) is 39.0 Å². The SMILES string of the molecule is CC(=N[S@@](=O)C(C)(C)C)c1ccc2sc3ccc(C(F)(F)F)cc3c2c1. The lowest BCUT2D eigenvalue weighted by Gasteiger charge is -2.14. The Morgan fingerprint density at radius 2 is 1.58 bits per heavy atom. The molecule has 2 aromatic carbocycles. The Kier molecular flexibility index (Phi) is 4.73. The van der Waals surface area contributed by atoms with Gasteiger partial charge >= 0.3 is 6.18 Å². The second-order valence-electron chi connectivity index (χ2n) is 7.06. The third-order valence-electron chi connectivity index (χ3n) is 3.96. The Bertz CT molecular complexity index is 1040. The molecule has 0 saturated heterocycles. The Morgan fingerprint density at radius 1 is 1.00 bits per heavy atom. The minimum atomic E-state index is -4.37. The molecule has 0 aliphatic heterocycles. The smallest absolute Gasteiger partial charge is 0.234 e. The number of benzene rings is 2. The molecule has 0 bridgehead atoms. The standard InChI is InChI=1S/C19H18F3NOS2/c1-11(23-26(24)18(2,3)4)12-5-7-16-14(9-12)15-10-13(19(20,21)22)6-8-17(15)25-16/h5-10H,1-4H3/t26-/m0/s1. The number of hydrogen-bond donors (Lipinski definition) is 0. The molecule has 7 heteroatoms. The second-order valence-corrected chi connectivity index (χ2v) is 10.0. The maximum atomic E-state index is 13.0. The van der Waals surface area contributed by atoms with Crippen LogP contribution in [-0.2, 0) is 17.2 Å². The normalized spacial score (nSPS) is 15.0. The summed E-state index contributed by atoms with van der Waals surface area (Å²) in [6, 6.07) is 9.38. The van der Waals surface area contributed by atoms with E-state index < -0.39 is 27.5 Å². The van der Waals surface area contributed by atoms with Gasteiger partial charge < -0.3 is 0 Å². The van der Waals surface area contributed by atoms with Crippen LogP contribution in [0.4, 0.5) is 13.2 Å². The molecule has 0 radical (unpaired) electrons. The highest BCUT2D eigenvalue weighted by Gasteiger charge is 2.30. The highest BCUT2D eigenvalue weighted by Crippen LogP contribution is 2.38. The highest BCUT2D eigenvalue weighted by molar-refractivity contribution is 7.85. The van der Waals surface area contributed by atoms with Crippen molar-refractivity contribution >= 4 is 48.2 Å². The van der Waals surface area contributed by atoms with Crippen LogP contribution in [0.5, 0.6) is 0 Å². The first-order valence-corrected chi connectivity index (χ1v) is 9.90. The Morgan fingerprint density at radius 3 is 2.15 bits per heavy atom. The van der Waals surface area contributed by atoms with E-state index in [-0.39, 0.29) is 0 Å². The van der Waals surface area contributed by atoms with Crippen LogP contribution in [0, 0.1) is 0 Å². The van der Waals surface area contributed by atoms with Crippen LogP contribution in [0.3, 0.4) is 0 Å². The lowest BCUT2D eigenvalue weighted by atomic mass is 10.1. The fraction of sp³-hybridized carbons (Fsp3) is 0.316. The molecule has 26 heavy (non-hydrogen) atoms. The van der Waals surface area contributed by atoms with E-state index in [0.29, 0.717) is 11.1 Å². The molecule has 0 unspecified atom stereocenters. The maximum absolute atomic E-state index is 13.0. The largest absolute Gasteiger partial charge is 0.416 e. The maximum Gasteiger partial charge on any atom is 0.416 e. The van der Waals surface area contributed by atoms with Gasteiger partial charge in [0.15, 0.2) is 0 Å². The molecule has 1 heterocycles. The lowest BCUT2D eigenvalue weighted by molar-refractivity contribution is -0.137. The van der Waals surface area contributed by atoms with Gasteiger partial charge in [0.2, 0.25) is 0 Å². The van der Waals surface area contributed by atoms with Crippen LogP contribution in [0.15, 0.2) is 40.8 Å². The van der Waals surface area contributed by atoms with Gasteiger partial charge in [-0.25, -0.2) is 4.21 Å². The molecule has 138 valence electrons. The summed E-state index contributed by atoms with van der Waals surface area (Å²) in [5.41, 5.74) is 0.702. The summed E-state index contributed by atoms with van der Waals surface area (Å²) in [5.74, 6) is 0. The Labute approximate surface area is 156 Å². The lowest BCUT2D eigenvalue weighted by Crippen LogP contribution is -2.20. The van der Waals surface area contributed by atoms with Gasteiger partial charge in [0, 0.05) is 20.2 Å². The van der Waals surface area contributed by atoms with Gasteiger partial charge in [-0.3, -0.25) is 0 Å². The number of fused-ring (bicyclic) bond motifs is 3. The van der Waals surface area contributed by atoms with Gasteiger partial charge in [0.1, 0.15) is 11.0 Å². The first-order valence-electron chi connectivity index (χ1n) is 7.98. The van der Waals surface area contributed by atoms with E-state index in [4.69, 9.17) is 0 Å². The quantitative estimate of drug-likeness (QED) is 0.464. The van der Waals surface area contributed by atoms with Crippen molar-refractivity contribution in [2.75, 3.05) is 0 Å². The number of halogens is 3. The number of nitrogens with zero attached hydrogens (tertiary/aromatic N) is 1. The molecule has 3 rings (SSSR count). The molecule has 2 nitrogen and oxygen atoms in total. The van der Waals surface area contributed by atoms with Crippen molar-refractivity contribution in [1.29, 1.82) is 0 Å². The van der Waals surface area contributed by atoms with E-state index in [1.165, 1.54) is 23.5 Å². The third kappa shape index (κ3) is 3.69. The Balaban J connectivity index is 2.14. The van der Waals surface area contributed by atoms with Crippen LogP contribution in [-0.4, -0.2) is 14.7 Å². The molecule has 0 saturated carbocycles. The van der Waals surface area contributed by atoms with E-state index in [0.717, 1.165) is 26.4 Å². The summed E-state index contributed by atoms with van der Waals surface area (Å²) in [7, 11) is -1.39. The molecule has 3 aromatic rings. The predicted molar refractivity (Wildman–Crippen MR) is 104 cm³/mol. The van der Waals surface area contributed by atoms with Crippen molar-refractivity contribution in [2.24, 2.45) is 4.40 Å². The molecule has 0 amide bonds. The van der Waals surface area contributed by atoms with E-state index in [1.54, 1.807) is 6.92 Å². The highest BCUT2D eigenvalue weighted by atomic mass is 32.2. The van der Waals surface area contributed by atoms with Crippen molar-refractivity contribution in [2.45, 2.75) is 38.6 Å². The van der Waals surface area contributed by atoms with Gasteiger partial charge in [0.05, 0.1) is 16.0 Å². The second kappa shape index (κ2) is 6.46. The average molecular weight is 397 g/mol. The van der Waals surface area contributed by atoms with Crippen molar-refractivity contribution in [3.63, 3.8) is 0 Å². The van der Waals surface area contributed by atoms with Gasteiger partial charge in [-0.1, -0.05) is 6.07 Å². The molecule has 0 fully saturated rings. The number of alkyl halides is 3. The molecule has 0 spiro atoms. The summed E-state index contributed by atoms with van der Waals surface area (Å²) in [5, 5.41) is 1.33. The number of rotatable bonds is 2. The fourth-order valence-electron chi connectivity index (χ4n) is 2.49. The van der Waals surface area contributed by atoms with Crippen molar-refractivity contribution in [1.82, 2.24) is 0 Å². The van der Waals surface area contributed by atoms with Crippen molar-refractivity contribution < 1.29 is 17.4 Å². The van der Waals surface area contributed by atoms with Gasteiger partial charge in [-0.05, 0) is 63.6 Å². The van der Waals surface area contributed by atoms with Crippen LogP contribution < -0.4 is 0 Å². The number of hydrogen-bond acceptors (Lipinski definition) is 2. The van der Waals surface area contributed by atoms with Crippen LogP contribution in [0.2, 0.25) is 0 Å². The van der Waals surface area contributed by atoms with Crippen LogP contribution in [0.25, 0.3) is 20.2 Å². The number of thiophene rings is 1. The average Bonchev–Trinajstić information content (AvgIpc) is 2.89. The topological polar surface area (TPSA) is 29.4 Å². The summed E-state index contributed by atoms with van der Waals surface area (Å²) in [4.78, 5) is 0. The molecule has 0 aliphatic rings. The van der Waals surface area contributed by atoms with Gasteiger partial charge in [0.25, 0.3) is 0 Å². The third-order valence-corrected chi connectivity index (χ3v) is 6.60. The molecular weight excluding hydrogens is 379 g/mol. The van der Waals surface area contributed by atoms with Gasteiger partial charge in [-0.15, -0.1) is 11.3 Å². The zero-order chi connectivity index (χ0) is 19.3. The summed E-state index contributed by atoms with van der Waals surface area (Å²) >= 11 is 1.45. The Hall–Kier alpha value is -1.73. The minimum Gasteiger partial charge on any atom is -0.234 e. The van der Waals surface area contributed by atoms with Crippen molar-refractivity contribution in [3.8, 4) is 0 Å². The van der Waals surface area contributed by atoms with E-state index >= 15 is 0 Å². The molecule has 0 aliphatic carbocycles. The van der Waals surface area contributed by atoms with Gasteiger partial charge in [-0.2, -0.15) is 17.6 Å². The van der Waals surface area contributed by atoms with E-state index in [9.17, 15) is 17.4 Å². The molecular formula is C19H18F3NOS2. The molecule has 1 atom stereocenters. The summed E-state index contributed by atoms with van der Waals surface area (Å²) in [6.07, 6.45) is -4.37. The first kappa shape index (κ1) is 19.0. The van der Waals surface area contributed by atoms with Crippen LogP contribution >= 0.6 is 11.3 Å². The predicted octanol–water partition coefficient (Wildman–Crippen LogP) is 6.34. The molecule has 0 N–H and O–H groups in total. The monoisotopic (exact) mass is 397 g/mol. The fourth-order valence-corrected chi connectivity index (χ4v) is 4.19. The van der Waals surface area contributed by atoms with Crippen molar-refractivity contribution in [3.05, 3.63) is 47.5 Å². The zero-order valence-electron chi connectivity index (χ0n) is 14.8. The minimum absolute atomic E-state index is 0.470. The molecule has 1 aromatic heterocycles. The van der Waals surface area contributed by atoms with E-state index in [2.05, 4.69) is 4.40 Å². The first-order chi connectivity index (χ1) is 12.0. The van der Waals surface area contributed by atoms with Crippen LogP contribution in [0.1, 0.15) is 38.8 Å². The zero-order valence-corrected chi connectivity index (χ0v) is 16.4. The summed E-state index contributed by atoms with van der Waals surface area (Å²) in [6.45, 7) is 7.29.